The average Bonchev–Trinajstić information content (AvgIpc) is 2.92. The van der Waals surface area contributed by atoms with Crippen LogP contribution in [0.5, 0.6) is 5.75 Å². The molecular weight excluding hydrogens is 536 g/mol. The van der Waals surface area contributed by atoms with Gasteiger partial charge < -0.3 is 15.0 Å². The Morgan fingerprint density at radius 3 is 2.33 bits per heavy atom. The molecule has 0 heterocycles. The van der Waals surface area contributed by atoms with Crippen LogP contribution in [0.25, 0.3) is 0 Å². The number of hydrogen-bond donors (Lipinski definition) is 1. The molecule has 11 nitrogen and oxygen atoms in total. The van der Waals surface area contributed by atoms with E-state index in [-0.39, 0.29) is 29.9 Å². The van der Waals surface area contributed by atoms with Crippen molar-refractivity contribution in [3.05, 3.63) is 63.7 Å². The number of methoxy groups -OCH3 is 1. The highest BCUT2D eigenvalue weighted by molar-refractivity contribution is 7.92. The zero-order valence-corrected chi connectivity index (χ0v) is 24.3. The summed E-state index contributed by atoms with van der Waals surface area (Å²) in [5, 5.41) is 14.5. The van der Waals surface area contributed by atoms with Crippen molar-refractivity contribution in [1.29, 1.82) is 0 Å². The number of carbonyl (C=O) groups is 2. The maximum atomic E-state index is 13.9. The van der Waals surface area contributed by atoms with Gasteiger partial charge in [-0.2, -0.15) is 0 Å². The Bertz CT molecular complexity index is 1310. The number of nitro benzene ring substituents is 1. The number of carbonyl (C=O) groups excluding carboxylic acids is 2. The number of aryl methyl sites for hydroxylation is 1. The van der Waals surface area contributed by atoms with Crippen molar-refractivity contribution in [2.75, 3.05) is 24.2 Å². The number of amides is 2. The van der Waals surface area contributed by atoms with E-state index < -0.39 is 33.4 Å². The van der Waals surface area contributed by atoms with Gasteiger partial charge in [0.1, 0.15) is 18.3 Å². The molecule has 12 heteroatoms. The third-order valence-electron chi connectivity index (χ3n) is 7.20. The Morgan fingerprint density at radius 2 is 1.77 bits per heavy atom. The lowest BCUT2D eigenvalue weighted by molar-refractivity contribution is -0.384. The quantitative estimate of drug-likeness (QED) is 0.299. The molecule has 218 valence electrons. The lowest BCUT2D eigenvalue weighted by Gasteiger charge is -2.34. The van der Waals surface area contributed by atoms with E-state index in [0.717, 1.165) is 54.3 Å². The maximum Gasteiger partial charge on any atom is 0.271 e. The summed E-state index contributed by atoms with van der Waals surface area (Å²) in [6.07, 6.45) is 6.20. The van der Waals surface area contributed by atoms with Crippen molar-refractivity contribution in [1.82, 2.24) is 10.2 Å². The third kappa shape index (κ3) is 7.93. The second-order valence-corrected chi connectivity index (χ2v) is 12.0. The highest BCUT2D eigenvalue weighted by Gasteiger charge is 2.33. The van der Waals surface area contributed by atoms with Crippen LogP contribution in [0.15, 0.2) is 42.5 Å². The molecular formula is C28H38N4O7S. The first-order valence-electron chi connectivity index (χ1n) is 13.4. The number of anilines is 1. The van der Waals surface area contributed by atoms with E-state index >= 15 is 0 Å². The Morgan fingerprint density at radius 1 is 1.12 bits per heavy atom. The second kappa shape index (κ2) is 13.6. The van der Waals surface area contributed by atoms with Crippen LogP contribution in [0.3, 0.4) is 0 Å². The molecule has 1 fully saturated rings. The molecule has 1 aliphatic carbocycles. The normalized spacial score (nSPS) is 14.7. The van der Waals surface area contributed by atoms with Crippen molar-refractivity contribution in [2.45, 2.75) is 71.0 Å². The van der Waals surface area contributed by atoms with Crippen molar-refractivity contribution in [3.63, 3.8) is 0 Å². The van der Waals surface area contributed by atoms with Gasteiger partial charge in [-0.25, -0.2) is 8.42 Å². The minimum absolute atomic E-state index is 0.0354. The van der Waals surface area contributed by atoms with Crippen molar-refractivity contribution >= 4 is 33.2 Å². The molecule has 0 aliphatic heterocycles. The van der Waals surface area contributed by atoms with Gasteiger partial charge in [-0.1, -0.05) is 44.4 Å². The highest BCUT2D eigenvalue weighted by Crippen LogP contribution is 2.28. The Kier molecular flexibility index (Phi) is 10.5. The van der Waals surface area contributed by atoms with E-state index in [1.54, 1.807) is 45.2 Å². The lowest BCUT2D eigenvalue weighted by Crippen LogP contribution is -2.54. The molecule has 1 N–H and O–H groups in total. The predicted molar refractivity (Wildman–Crippen MR) is 153 cm³/mol. The molecule has 2 amide bonds. The molecule has 1 atom stereocenters. The lowest BCUT2D eigenvalue weighted by atomic mass is 9.95. The molecule has 0 radical (unpaired) electrons. The van der Waals surface area contributed by atoms with E-state index in [0.29, 0.717) is 17.7 Å². The van der Waals surface area contributed by atoms with Crippen LogP contribution in [0.4, 0.5) is 11.4 Å². The summed E-state index contributed by atoms with van der Waals surface area (Å²) in [6, 6.07) is 10.1. The van der Waals surface area contributed by atoms with Gasteiger partial charge in [0.2, 0.25) is 21.8 Å². The molecule has 0 spiro atoms. The number of non-ortho nitro benzene ring substituents is 1. The minimum Gasteiger partial charge on any atom is -0.497 e. The first-order valence-corrected chi connectivity index (χ1v) is 15.2. The highest BCUT2D eigenvalue weighted by atomic mass is 32.2. The van der Waals surface area contributed by atoms with E-state index in [1.807, 2.05) is 0 Å². The Balaban J connectivity index is 1.97. The van der Waals surface area contributed by atoms with Gasteiger partial charge in [0, 0.05) is 24.7 Å². The number of nitrogens with zero attached hydrogens (tertiary/aromatic N) is 3. The third-order valence-corrected chi connectivity index (χ3v) is 8.33. The van der Waals surface area contributed by atoms with Crippen LogP contribution >= 0.6 is 0 Å². The van der Waals surface area contributed by atoms with Crippen LogP contribution in [0, 0.1) is 17.0 Å². The smallest absolute Gasteiger partial charge is 0.271 e. The van der Waals surface area contributed by atoms with E-state index in [2.05, 4.69) is 5.32 Å². The fourth-order valence-corrected chi connectivity index (χ4v) is 5.87. The number of hydrogen-bond acceptors (Lipinski definition) is 7. The molecule has 2 aromatic carbocycles. The van der Waals surface area contributed by atoms with Gasteiger partial charge in [-0.3, -0.25) is 24.0 Å². The topological polar surface area (TPSA) is 139 Å². The van der Waals surface area contributed by atoms with Crippen molar-refractivity contribution < 1.29 is 27.7 Å². The summed E-state index contributed by atoms with van der Waals surface area (Å²) in [6.45, 7) is 2.86. The standard InChI is InChI=1S/C28H38N4O7S/c1-5-25(28(34)29-22-9-7-6-8-10-22)30(18-21-12-15-24(39-3)16-13-21)27(33)19-31(40(4,37)38)26-17-23(32(35)36)14-11-20(26)2/h11-17,22,25H,5-10,18-19H2,1-4H3,(H,29,34). The van der Waals surface area contributed by atoms with Crippen molar-refractivity contribution in [3.8, 4) is 5.75 Å². The zero-order chi connectivity index (χ0) is 29.4. The number of benzene rings is 2. The molecule has 0 aromatic heterocycles. The van der Waals surface area contributed by atoms with Crippen molar-refractivity contribution in [2.24, 2.45) is 0 Å². The predicted octanol–water partition coefficient (Wildman–Crippen LogP) is 3.93. The number of rotatable bonds is 12. The summed E-state index contributed by atoms with van der Waals surface area (Å²) in [4.78, 5) is 39.5. The van der Waals surface area contributed by atoms with Gasteiger partial charge in [0.25, 0.3) is 5.69 Å². The first kappa shape index (κ1) is 30.9. The molecule has 1 aliphatic rings. The number of nitro groups is 1. The van der Waals surface area contributed by atoms with Gasteiger partial charge in [0.15, 0.2) is 0 Å². The fraction of sp³-hybridized carbons (Fsp3) is 0.500. The number of ether oxygens (including phenoxy) is 1. The first-order chi connectivity index (χ1) is 18.9. The minimum atomic E-state index is -4.02. The summed E-state index contributed by atoms with van der Waals surface area (Å²) in [7, 11) is -2.48. The van der Waals surface area contributed by atoms with Crippen LogP contribution in [-0.4, -0.2) is 62.0 Å². The van der Waals surface area contributed by atoms with Gasteiger partial charge in [-0.05, 0) is 49.4 Å². The Labute approximate surface area is 235 Å². The molecule has 1 saturated carbocycles. The maximum absolute atomic E-state index is 13.9. The molecule has 0 saturated heterocycles. The average molecular weight is 575 g/mol. The van der Waals surface area contributed by atoms with E-state index in [4.69, 9.17) is 4.74 Å². The van der Waals surface area contributed by atoms with Gasteiger partial charge in [0.05, 0.1) is 24.0 Å². The number of sulfonamides is 1. The fourth-order valence-electron chi connectivity index (χ4n) is 4.97. The van der Waals surface area contributed by atoms with E-state index in [1.165, 1.54) is 17.0 Å². The SMILES string of the molecule is CCC(C(=O)NC1CCCCC1)N(Cc1ccc(OC)cc1)C(=O)CN(c1cc([N+](=O)[O-])ccc1C)S(C)(=O)=O. The van der Waals surface area contributed by atoms with Crippen LogP contribution < -0.4 is 14.4 Å². The summed E-state index contributed by atoms with van der Waals surface area (Å²) in [5.41, 5.74) is 0.923. The van der Waals surface area contributed by atoms with E-state index in [9.17, 15) is 28.1 Å². The molecule has 1 unspecified atom stereocenters. The Hall–Kier alpha value is -3.67. The number of nitrogens with one attached hydrogen (secondary N) is 1. The monoisotopic (exact) mass is 574 g/mol. The molecule has 0 bridgehead atoms. The largest absolute Gasteiger partial charge is 0.497 e. The zero-order valence-electron chi connectivity index (χ0n) is 23.5. The summed E-state index contributed by atoms with van der Waals surface area (Å²) in [5.74, 6) is -0.250. The molecule has 2 aromatic rings. The van der Waals surface area contributed by atoms with Crippen LogP contribution in [-0.2, 0) is 26.2 Å². The van der Waals surface area contributed by atoms with Crippen LogP contribution in [0.2, 0.25) is 0 Å². The van der Waals surface area contributed by atoms with Crippen LogP contribution in [0.1, 0.15) is 56.6 Å². The molecule has 3 rings (SSSR count). The molecule has 40 heavy (non-hydrogen) atoms. The summed E-state index contributed by atoms with van der Waals surface area (Å²) < 4.78 is 31.8. The van der Waals surface area contributed by atoms with Gasteiger partial charge >= 0.3 is 0 Å². The second-order valence-electron chi connectivity index (χ2n) is 10.1. The van der Waals surface area contributed by atoms with Gasteiger partial charge in [-0.15, -0.1) is 0 Å². The summed E-state index contributed by atoms with van der Waals surface area (Å²) >= 11 is 0.